The molecule has 7 nitrogen and oxygen atoms in total. The summed E-state index contributed by atoms with van der Waals surface area (Å²) in [4.78, 5) is 0. The quantitative estimate of drug-likeness (QED) is 0.278. The first-order valence-electron chi connectivity index (χ1n) is 14.4. The molecule has 0 radical (unpaired) electrons. The zero-order valence-corrected chi connectivity index (χ0v) is 23.0. The van der Waals surface area contributed by atoms with Crippen molar-refractivity contribution in [2.75, 3.05) is 6.61 Å². The van der Waals surface area contributed by atoms with E-state index in [1.807, 2.05) is 13.8 Å². The van der Waals surface area contributed by atoms with E-state index in [0.29, 0.717) is 19.3 Å². The first kappa shape index (κ1) is 28.7. The van der Waals surface area contributed by atoms with Crippen molar-refractivity contribution >= 4 is 0 Å². The molecule has 13 atom stereocenters. The normalized spacial score (nSPS) is 52.0. The second-order valence-corrected chi connectivity index (χ2v) is 14.1. The van der Waals surface area contributed by atoms with Crippen LogP contribution < -0.4 is 0 Å². The fourth-order valence-corrected chi connectivity index (χ4v) is 10.1. The van der Waals surface area contributed by atoms with E-state index in [0.717, 1.165) is 32.1 Å². The van der Waals surface area contributed by atoms with Crippen LogP contribution in [0, 0.1) is 40.4 Å². The summed E-state index contributed by atoms with van der Waals surface area (Å²) in [6, 6.07) is 0. The molecular formula is C29H52O7. The Morgan fingerprint density at radius 1 is 1.00 bits per heavy atom. The van der Waals surface area contributed by atoms with E-state index >= 15 is 0 Å². The summed E-state index contributed by atoms with van der Waals surface area (Å²) in [6.45, 7) is 9.84. The summed E-state index contributed by atoms with van der Waals surface area (Å²) >= 11 is 0. The number of fused-ring (bicyclic) bond motifs is 5. The van der Waals surface area contributed by atoms with Gasteiger partial charge in [-0.25, -0.2) is 0 Å². The molecule has 4 aliphatic carbocycles. The third-order valence-corrected chi connectivity index (χ3v) is 12.3. The fourth-order valence-electron chi connectivity index (χ4n) is 10.1. The number of aliphatic hydroxyl groups is 7. The lowest BCUT2D eigenvalue weighted by molar-refractivity contribution is -0.315. The molecule has 4 saturated carbocycles. The van der Waals surface area contributed by atoms with Crippen LogP contribution in [0.2, 0.25) is 0 Å². The Kier molecular flexibility index (Phi) is 7.52. The van der Waals surface area contributed by atoms with Crippen LogP contribution in [-0.2, 0) is 0 Å². The van der Waals surface area contributed by atoms with Gasteiger partial charge in [0.25, 0.3) is 0 Å². The van der Waals surface area contributed by atoms with Crippen molar-refractivity contribution in [2.24, 2.45) is 40.4 Å². The Bertz CT molecular complexity index is 804. The minimum atomic E-state index is -1.44. The molecular weight excluding hydrogens is 460 g/mol. The minimum absolute atomic E-state index is 0.00688. The van der Waals surface area contributed by atoms with Gasteiger partial charge in [-0.3, -0.25) is 0 Å². The van der Waals surface area contributed by atoms with Gasteiger partial charge in [-0.1, -0.05) is 40.5 Å². The van der Waals surface area contributed by atoms with Gasteiger partial charge in [0.05, 0.1) is 41.7 Å². The van der Waals surface area contributed by atoms with Crippen molar-refractivity contribution in [3.8, 4) is 0 Å². The molecule has 0 amide bonds. The second-order valence-electron chi connectivity index (χ2n) is 14.1. The summed E-state index contributed by atoms with van der Waals surface area (Å²) in [6.07, 6.45) is 3.32. The minimum Gasteiger partial charge on any atom is -0.393 e. The van der Waals surface area contributed by atoms with E-state index < -0.39 is 40.5 Å². The van der Waals surface area contributed by atoms with Crippen molar-refractivity contribution < 1.29 is 35.7 Å². The molecule has 210 valence electrons. The monoisotopic (exact) mass is 512 g/mol. The molecule has 4 fully saturated rings. The van der Waals surface area contributed by atoms with E-state index in [1.165, 1.54) is 0 Å². The Hall–Kier alpha value is -0.280. The topological polar surface area (TPSA) is 142 Å². The average molecular weight is 513 g/mol. The van der Waals surface area contributed by atoms with Gasteiger partial charge >= 0.3 is 0 Å². The van der Waals surface area contributed by atoms with Crippen LogP contribution in [0.5, 0.6) is 0 Å². The highest BCUT2D eigenvalue weighted by molar-refractivity contribution is 5.23. The largest absolute Gasteiger partial charge is 0.393 e. The molecule has 0 aromatic rings. The molecule has 0 saturated heterocycles. The number of hydrogen-bond donors (Lipinski definition) is 7. The van der Waals surface area contributed by atoms with Crippen molar-refractivity contribution in [3.05, 3.63) is 0 Å². The summed E-state index contributed by atoms with van der Waals surface area (Å²) in [5, 5.41) is 77.3. The molecule has 0 spiro atoms. The molecule has 0 aromatic heterocycles. The maximum Gasteiger partial charge on any atom is 0.0987 e. The first-order valence-corrected chi connectivity index (χ1v) is 14.4. The van der Waals surface area contributed by atoms with E-state index in [-0.39, 0.29) is 54.5 Å². The van der Waals surface area contributed by atoms with Crippen LogP contribution in [0.15, 0.2) is 0 Å². The number of rotatable bonds is 7. The van der Waals surface area contributed by atoms with Crippen LogP contribution >= 0.6 is 0 Å². The van der Waals surface area contributed by atoms with Gasteiger partial charge in [0.2, 0.25) is 0 Å². The molecule has 0 bridgehead atoms. The third-order valence-electron chi connectivity index (χ3n) is 12.3. The van der Waals surface area contributed by atoms with E-state index in [1.54, 1.807) is 6.92 Å². The Morgan fingerprint density at radius 2 is 1.67 bits per heavy atom. The molecule has 0 aromatic carbocycles. The fraction of sp³-hybridized carbons (Fsp3) is 1.00. The van der Waals surface area contributed by atoms with Crippen molar-refractivity contribution in [2.45, 2.75) is 134 Å². The number of aliphatic hydroxyl groups excluding tert-OH is 4. The zero-order chi connectivity index (χ0) is 26.9. The number of hydrogen-bond acceptors (Lipinski definition) is 7. The van der Waals surface area contributed by atoms with Gasteiger partial charge in [-0.2, -0.15) is 0 Å². The molecule has 7 heteroatoms. The van der Waals surface area contributed by atoms with E-state index in [2.05, 4.69) is 13.8 Å². The molecule has 0 heterocycles. The molecule has 0 unspecified atom stereocenters. The molecule has 36 heavy (non-hydrogen) atoms. The summed E-state index contributed by atoms with van der Waals surface area (Å²) in [7, 11) is 0. The van der Waals surface area contributed by atoms with Crippen LogP contribution in [0.3, 0.4) is 0 Å². The SMILES string of the molecule is CC[C@@H](CC[C@@H](C)[C@H]1C[C@H](O)[C@@H]2[C@]1(C)CC[C@H]1[C@@]2(O)C[C@@H](O)[C@@]2(O)C[C@@H](O)CC[C@]12C)[C@@](C)(O)CO. The van der Waals surface area contributed by atoms with E-state index in [4.69, 9.17) is 0 Å². The van der Waals surface area contributed by atoms with Crippen LogP contribution in [0.4, 0.5) is 0 Å². The summed E-state index contributed by atoms with van der Waals surface area (Å²) in [5.41, 5.74) is -4.86. The predicted molar refractivity (Wildman–Crippen MR) is 137 cm³/mol. The van der Waals surface area contributed by atoms with Crippen LogP contribution in [0.25, 0.3) is 0 Å². The highest BCUT2D eigenvalue weighted by Gasteiger charge is 2.74. The molecule has 4 aliphatic rings. The lowest BCUT2D eigenvalue weighted by Crippen LogP contribution is -2.75. The Morgan fingerprint density at radius 3 is 2.28 bits per heavy atom. The van der Waals surface area contributed by atoms with Gasteiger partial charge < -0.3 is 35.7 Å². The Balaban J connectivity index is 1.59. The van der Waals surface area contributed by atoms with Crippen LogP contribution in [0.1, 0.15) is 98.8 Å². The smallest absolute Gasteiger partial charge is 0.0987 e. The van der Waals surface area contributed by atoms with Gasteiger partial charge in [-0.15, -0.1) is 0 Å². The Labute approximate surface area is 216 Å². The molecule has 4 rings (SSSR count). The van der Waals surface area contributed by atoms with Gasteiger partial charge in [0, 0.05) is 24.2 Å². The molecule has 7 N–H and O–H groups in total. The highest BCUT2D eigenvalue weighted by Crippen LogP contribution is 2.70. The second kappa shape index (κ2) is 9.42. The van der Waals surface area contributed by atoms with Crippen molar-refractivity contribution in [1.82, 2.24) is 0 Å². The molecule has 0 aliphatic heterocycles. The van der Waals surface area contributed by atoms with Crippen molar-refractivity contribution in [1.29, 1.82) is 0 Å². The van der Waals surface area contributed by atoms with Crippen LogP contribution in [-0.4, -0.2) is 77.5 Å². The first-order chi connectivity index (χ1) is 16.6. The zero-order valence-electron chi connectivity index (χ0n) is 23.0. The standard InChI is InChI=1S/C29H52O7/c1-6-18(27(5,34)16-30)8-7-17(2)20-13-21(32)24-25(20,3)11-10-22-26(4)12-9-19(31)14-29(26,36)23(33)15-28(22,24)35/h17-24,30-36H,6-16H2,1-5H3/t17-,18+,19+,20-,21+,22-,23-,24-,25-,26-,27+,28+,29+/m1/s1. The average Bonchev–Trinajstić information content (AvgIpc) is 3.07. The summed E-state index contributed by atoms with van der Waals surface area (Å²) in [5.74, 6) is -0.187. The van der Waals surface area contributed by atoms with Crippen molar-refractivity contribution in [3.63, 3.8) is 0 Å². The predicted octanol–water partition coefficient (Wildman–Crippen LogP) is 2.36. The van der Waals surface area contributed by atoms with Gasteiger partial charge in [0.15, 0.2) is 0 Å². The maximum atomic E-state index is 12.4. The lowest BCUT2D eigenvalue weighted by atomic mass is 9.40. The maximum absolute atomic E-state index is 12.4. The third kappa shape index (κ3) is 4.02. The highest BCUT2D eigenvalue weighted by atomic mass is 16.4. The lowest BCUT2D eigenvalue weighted by Gasteiger charge is -2.68. The van der Waals surface area contributed by atoms with Gasteiger partial charge in [0.1, 0.15) is 0 Å². The summed E-state index contributed by atoms with van der Waals surface area (Å²) < 4.78 is 0. The van der Waals surface area contributed by atoms with Gasteiger partial charge in [-0.05, 0) is 74.5 Å². The van der Waals surface area contributed by atoms with E-state index in [9.17, 15) is 35.7 Å².